The van der Waals surface area contributed by atoms with Gasteiger partial charge in [0.1, 0.15) is 5.82 Å². The zero-order valence-electron chi connectivity index (χ0n) is 13.2. The van der Waals surface area contributed by atoms with Crippen LogP contribution in [-0.4, -0.2) is 24.2 Å². The summed E-state index contributed by atoms with van der Waals surface area (Å²) in [6.45, 7) is 6.04. The number of anilines is 2. The quantitative estimate of drug-likeness (QED) is 0.922. The highest BCUT2D eigenvalue weighted by Gasteiger charge is 2.36. The van der Waals surface area contributed by atoms with E-state index in [1.165, 1.54) is 32.1 Å². The molecule has 0 aromatic carbocycles. The van der Waals surface area contributed by atoms with E-state index in [2.05, 4.69) is 24.8 Å². The molecule has 2 N–H and O–H groups in total. The van der Waals surface area contributed by atoms with Gasteiger partial charge in [-0.05, 0) is 43.2 Å². The van der Waals surface area contributed by atoms with E-state index in [1.54, 1.807) is 0 Å². The smallest absolute Gasteiger partial charge is 0.239 e. The van der Waals surface area contributed by atoms with Crippen molar-refractivity contribution in [1.29, 1.82) is 0 Å². The third-order valence-corrected chi connectivity index (χ3v) is 4.73. The molecule has 116 valence electrons. The van der Waals surface area contributed by atoms with Crippen LogP contribution in [-0.2, 0) is 0 Å². The summed E-state index contributed by atoms with van der Waals surface area (Å²) < 4.78 is 5.77. The Labute approximate surface area is 127 Å². The number of nitrogen functional groups attached to an aromatic ring is 1. The predicted octanol–water partition coefficient (Wildman–Crippen LogP) is 3.47. The Kier molecular flexibility index (Phi) is 4.22. The monoisotopic (exact) mass is 289 g/mol. The molecule has 21 heavy (non-hydrogen) atoms. The molecule has 2 aliphatic rings. The van der Waals surface area contributed by atoms with Gasteiger partial charge in [-0.2, -0.15) is 4.98 Å². The van der Waals surface area contributed by atoms with Crippen molar-refractivity contribution in [2.75, 3.05) is 23.8 Å². The first-order chi connectivity index (χ1) is 10.1. The summed E-state index contributed by atoms with van der Waals surface area (Å²) in [6, 6.07) is 4.66. The van der Waals surface area contributed by atoms with Gasteiger partial charge in [-0.15, -0.1) is 0 Å². The van der Waals surface area contributed by atoms with Gasteiger partial charge < -0.3 is 15.4 Å². The number of pyridine rings is 1. The van der Waals surface area contributed by atoms with Crippen LogP contribution < -0.4 is 15.4 Å². The summed E-state index contributed by atoms with van der Waals surface area (Å²) in [5, 5.41) is 0. The van der Waals surface area contributed by atoms with Crippen LogP contribution in [0.15, 0.2) is 12.1 Å². The fourth-order valence-corrected chi connectivity index (χ4v) is 3.65. The molecule has 1 aliphatic carbocycles. The normalized spacial score (nSPS) is 25.2. The molecule has 0 spiro atoms. The zero-order valence-corrected chi connectivity index (χ0v) is 13.2. The highest BCUT2D eigenvalue weighted by atomic mass is 16.5. The highest BCUT2D eigenvalue weighted by Crippen LogP contribution is 2.39. The SMILES string of the molecule is CC(C)COc1nc(N2CCC3CCCCC32)ccc1N. The van der Waals surface area contributed by atoms with Gasteiger partial charge in [0, 0.05) is 12.6 Å². The molecular formula is C17H27N3O. The molecule has 0 radical (unpaired) electrons. The molecule has 4 heteroatoms. The van der Waals surface area contributed by atoms with Crippen molar-refractivity contribution in [3.8, 4) is 5.88 Å². The van der Waals surface area contributed by atoms with Crippen LogP contribution in [0.2, 0.25) is 0 Å². The number of fused-ring (bicyclic) bond motifs is 1. The first-order valence-electron chi connectivity index (χ1n) is 8.31. The molecule has 3 rings (SSSR count). The summed E-state index contributed by atoms with van der Waals surface area (Å²) in [5.74, 6) is 2.97. The summed E-state index contributed by atoms with van der Waals surface area (Å²) >= 11 is 0. The number of hydrogen-bond acceptors (Lipinski definition) is 4. The number of rotatable bonds is 4. The van der Waals surface area contributed by atoms with Gasteiger partial charge in [0.05, 0.1) is 12.3 Å². The second-order valence-corrected chi connectivity index (χ2v) is 6.86. The standard InChI is InChI=1S/C17H27N3O/c1-12(2)11-21-17-14(18)7-8-16(19-17)20-10-9-13-5-3-4-6-15(13)20/h7-8,12-13,15H,3-6,9-11,18H2,1-2H3. The Morgan fingerprint density at radius 2 is 2.10 bits per heavy atom. The minimum Gasteiger partial charge on any atom is -0.476 e. The molecule has 1 aliphatic heterocycles. The molecular weight excluding hydrogens is 262 g/mol. The Balaban J connectivity index is 1.77. The third-order valence-electron chi connectivity index (χ3n) is 4.73. The van der Waals surface area contributed by atoms with Gasteiger partial charge in [0.25, 0.3) is 0 Å². The van der Waals surface area contributed by atoms with Gasteiger partial charge in [0.2, 0.25) is 5.88 Å². The van der Waals surface area contributed by atoms with Crippen LogP contribution in [0, 0.1) is 11.8 Å². The highest BCUT2D eigenvalue weighted by molar-refractivity contribution is 5.55. The fourth-order valence-electron chi connectivity index (χ4n) is 3.65. The van der Waals surface area contributed by atoms with Gasteiger partial charge in [-0.25, -0.2) is 0 Å². The second-order valence-electron chi connectivity index (χ2n) is 6.86. The van der Waals surface area contributed by atoms with Crippen molar-refractivity contribution >= 4 is 11.5 Å². The number of ether oxygens (including phenoxy) is 1. The van der Waals surface area contributed by atoms with Crippen LogP contribution in [0.1, 0.15) is 46.0 Å². The van der Waals surface area contributed by atoms with Gasteiger partial charge in [0.15, 0.2) is 0 Å². The first kappa shape index (κ1) is 14.5. The van der Waals surface area contributed by atoms with E-state index < -0.39 is 0 Å². The summed E-state index contributed by atoms with van der Waals surface area (Å²) in [6.07, 6.45) is 6.74. The molecule has 2 unspecified atom stereocenters. The molecule has 4 nitrogen and oxygen atoms in total. The van der Waals surface area contributed by atoms with Crippen LogP contribution >= 0.6 is 0 Å². The first-order valence-corrected chi connectivity index (χ1v) is 8.31. The van der Waals surface area contributed by atoms with E-state index in [4.69, 9.17) is 15.5 Å². The Bertz CT molecular complexity index is 489. The van der Waals surface area contributed by atoms with E-state index in [0.717, 1.165) is 18.3 Å². The average Bonchev–Trinajstić information content (AvgIpc) is 2.90. The average molecular weight is 289 g/mol. The van der Waals surface area contributed by atoms with E-state index in [9.17, 15) is 0 Å². The minimum atomic E-state index is 0.476. The van der Waals surface area contributed by atoms with Crippen LogP contribution in [0.5, 0.6) is 5.88 Å². The van der Waals surface area contributed by atoms with Crippen LogP contribution in [0.4, 0.5) is 11.5 Å². The maximum atomic E-state index is 6.00. The van der Waals surface area contributed by atoms with Crippen molar-refractivity contribution in [3.05, 3.63) is 12.1 Å². The topological polar surface area (TPSA) is 51.4 Å². The maximum Gasteiger partial charge on any atom is 0.239 e. The lowest BCUT2D eigenvalue weighted by Crippen LogP contribution is -2.35. The molecule has 1 aromatic heterocycles. The molecule has 0 amide bonds. The van der Waals surface area contributed by atoms with Crippen molar-refractivity contribution in [1.82, 2.24) is 4.98 Å². The largest absolute Gasteiger partial charge is 0.476 e. The Morgan fingerprint density at radius 1 is 1.29 bits per heavy atom. The minimum absolute atomic E-state index is 0.476. The number of aromatic nitrogens is 1. The molecule has 2 fully saturated rings. The van der Waals surface area contributed by atoms with Gasteiger partial charge in [-0.1, -0.05) is 26.7 Å². The molecule has 1 saturated heterocycles. The Hall–Kier alpha value is -1.45. The van der Waals surface area contributed by atoms with Crippen molar-refractivity contribution in [2.24, 2.45) is 11.8 Å². The van der Waals surface area contributed by atoms with Crippen LogP contribution in [0.25, 0.3) is 0 Å². The third kappa shape index (κ3) is 3.09. The molecule has 1 saturated carbocycles. The number of nitrogens with two attached hydrogens (primary N) is 1. The lowest BCUT2D eigenvalue weighted by Gasteiger charge is -2.32. The van der Waals surface area contributed by atoms with E-state index in [-0.39, 0.29) is 0 Å². The zero-order chi connectivity index (χ0) is 14.8. The molecule has 2 heterocycles. The van der Waals surface area contributed by atoms with Gasteiger partial charge >= 0.3 is 0 Å². The number of nitrogens with zero attached hydrogens (tertiary/aromatic N) is 2. The van der Waals surface area contributed by atoms with Crippen molar-refractivity contribution < 1.29 is 4.74 Å². The summed E-state index contributed by atoms with van der Waals surface area (Å²) in [5.41, 5.74) is 6.64. The molecule has 1 aromatic rings. The maximum absolute atomic E-state index is 6.00. The van der Waals surface area contributed by atoms with E-state index in [1.807, 2.05) is 6.07 Å². The molecule has 2 atom stereocenters. The molecule has 0 bridgehead atoms. The van der Waals surface area contributed by atoms with E-state index in [0.29, 0.717) is 30.1 Å². The fraction of sp³-hybridized carbons (Fsp3) is 0.706. The Morgan fingerprint density at radius 3 is 2.90 bits per heavy atom. The lowest BCUT2D eigenvalue weighted by molar-refractivity contribution is 0.263. The van der Waals surface area contributed by atoms with Crippen molar-refractivity contribution in [3.63, 3.8) is 0 Å². The van der Waals surface area contributed by atoms with Crippen LogP contribution in [0.3, 0.4) is 0 Å². The van der Waals surface area contributed by atoms with Gasteiger partial charge in [-0.3, -0.25) is 0 Å². The van der Waals surface area contributed by atoms with E-state index >= 15 is 0 Å². The lowest BCUT2D eigenvalue weighted by atomic mass is 9.85. The predicted molar refractivity (Wildman–Crippen MR) is 86.7 cm³/mol. The number of hydrogen-bond donors (Lipinski definition) is 1. The second kappa shape index (κ2) is 6.12. The van der Waals surface area contributed by atoms with Crippen molar-refractivity contribution in [2.45, 2.75) is 52.0 Å². The summed E-state index contributed by atoms with van der Waals surface area (Å²) in [4.78, 5) is 7.17. The summed E-state index contributed by atoms with van der Waals surface area (Å²) in [7, 11) is 0.